The summed E-state index contributed by atoms with van der Waals surface area (Å²) < 4.78 is 4.48. The van der Waals surface area contributed by atoms with Gasteiger partial charge in [-0.05, 0) is 6.92 Å². The molecular formula is C6H6NO2S-. The van der Waals surface area contributed by atoms with Crippen LogP contribution in [-0.4, -0.2) is 12.6 Å². The van der Waals surface area contributed by atoms with Crippen molar-refractivity contribution in [2.45, 2.75) is 6.92 Å². The van der Waals surface area contributed by atoms with E-state index in [4.69, 9.17) is 6.57 Å². The van der Waals surface area contributed by atoms with Crippen molar-refractivity contribution < 1.29 is 9.53 Å². The van der Waals surface area contributed by atoms with Crippen molar-refractivity contribution in [3.05, 3.63) is 22.5 Å². The highest BCUT2D eigenvalue weighted by Gasteiger charge is 1.93. The van der Waals surface area contributed by atoms with Crippen LogP contribution in [0.1, 0.15) is 6.92 Å². The highest BCUT2D eigenvalue weighted by atomic mass is 32.1. The van der Waals surface area contributed by atoms with E-state index in [9.17, 15) is 4.79 Å². The Balaban J connectivity index is 4.08. The number of hydrogen-bond acceptors (Lipinski definition) is 3. The van der Waals surface area contributed by atoms with E-state index in [1.54, 1.807) is 6.92 Å². The number of thiol groups is 1. The molecule has 0 spiro atoms. The fraction of sp³-hybridized carbons (Fsp3) is 0.333. The van der Waals surface area contributed by atoms with E-state index in [0.717, 1.165) is 0 Å². The summed E-state index contributed by atoms with van der Waals surface area (Å²) in [4.78, 5) is 13.5. The number of hydrogen-bond donors (Lipinski definition) is 1. The van der Waals surface area contributed by atoms with Gasteiger partial charge in [0.15, 0.2) is 5.97 Å². The van der Waals surface area contributed by atoms with Crippen LogP contribution >= 0.6 is 12.6 Å². The number of ether oxygens (including phenoxy) is 1. The number of carbonyl (C=O) groups is 1. The second kappa shape index (κ2) is 4.89. The Morgan fingerprint density at radius 3 is 2.80 bits per heavy atom. The largest absolute Gasteiger partial charge is 0.556 e. The highest BCUT2D eigenvalue weighted by Crippen LogP contribution is 1.99. The van der Waals surface area contributed by atoms with Crippen LogP contribution in [-0.2, 0) is 9.53 Å². The van der Waals surface area contributed by atoms with Gasteiger partial charge in [0.2, 0.25) is 0 Å². The van der Waals surface area contributed by atoms with Gasteiger partial charge in [-0.25, -0.2) is 5.41 Å². The van der Waals surface area contributed by atoms with Crippen LogP contribution in [0.2, 0.25) is 0 Å². The Kier molecular flexibility index (Phi) is 4.42. The molecule has 0 heterocycles. The average molecular weight is 156 g/mol. The monoisotopic (exact) mass is 156 g/mol. The molecule has 0 saturated heterocycles. The Bertz CT molecular complexity index is 192. The quantitative estimate of drug-likeness (QED) is 0.280. The van der Waals surface area contributed by atoms with Crippen LogP contribution in [0.4, 0.5) is 0 Å². The fourth-order valence-electron chi connectivity index (χ4n) is 0.316. The first-order chi connectivity index (χ1) is 4.76. The number of nitrogens with zero attached hydrogens (tertiary/aromatic N) is 1. The maximum atomic E-state index is 10.6. The van der Waals surface area contributed by atoms with Gasteiger partial charge < -0.3 is 9.53 Å². The zero-order valence-electron chi connectivity index (χ0n) is 5.42. The standard InChI is InChI=1S/C6H6NO2S/c1-3-9-6(8)5(4-10)7-2/h10H,3H2,1H3/q-1. The maximum Gasteiger partial charge on any atom is 0.170 e. The number of carbonyl (C=O) groups excluding carboxylic acids is 1. The normalized spacial score (nSPS) is 10.3. The first-order valence-corrected chi connectivity index (χ1v) is 3.02. The van der Waals surface area contributed by atoms with Gasteiger partial charge in [0.1, 0.15) is 5.70 Å². The third-order valence-electron chi connectivity index (χ3n) is 0.686. The summed E-state index contributed by atoms with van der Waals surface area (Å²) in [5, 5.41) is 2.12. The summed E-state index contributed by atoms with van der Waals surface area (Å²) in [6.45, 7) is 8.37. The zero-order valence-corrected chi connectivity index (χ0v) is 6.31. The zero-order chi connectivity index (χ0) is 7.98. The van der Waals surface area contributed by atoms with E-state index < -0.39 is 5.97 Å². The van der Waals surface area contributed by atoms with Gasteiger partial charge in [0.25, 0.3) is 0 Å². The van der Waals surface area contributed by atoms with Crippen molar-refractivity contribution in [3.8, 4) is 0 Å². The van der Waals surface area contributed by atoms with Gasteiger partial charge in [-0.3, -0.25) is 17.5 Å². The number of esters is 1. The molecular weight excluding hydrogens is 150 g/mol. The lowest BCUT2D eigenvalue weighted by atomic mass is 10.5. The van der Waals surface area contributed by atoms with Crippen molar-refractivity contribution in [3.63, 3.8) is 0 Å². The smallest absolute Gasteiger partial charge is 0.170 e. The van der Waals surface area contributed by atoms with E-state index in [2.05, 4.69) is 27.6 Å². The van der Waals surface area contributed by atoms with Crippen molar-refractivity contribution in [2.24, 2.45) is 0 Å². The first kappa shape index (κ1) is 9.05. The van der Waals surface area contributed by atoms with Gasteiger partial charge in [0.05, 0.1) is 13.2 Å². The van der Waals surface area contributed by atoms with E-state index in [-0.39, 0.29) is 12.3 Å². The lowest BCUT2D eigenvalue weighted by molar-refractivity contribution is -0.138. The second-order valence-corrected chi connectivity index (χ2v) is 1.52. The molecule has 0 bridgehead atoms. The van der Waals surface area contributed by atoms with Crippen LogP contribution in [0.3, 0.4) is 0 Å². The van der Waals surface area contributed by atoms with Crippen LogP contribution < -0.4 is 0 Å². The summed E-state index contributed by atoms with van der Waals surface area (Å²) in [5.41, 5.74) is -0.217. The van der Waals surface area contributed by atoms with Crippen molar-refractivity contribution in [1.82, 2.24) is 0 Å². The highest BCUT2D eigenvalue weighted by molar-refractivity contribution is 7.82. The summed E-state index contributed by atoms with van der Waals surface area (Å²) in [7, 11) is 0. The molecule has 0 N–H and O–H groups in total. The van der Waals surface area contributed by atoms with Gasteiger partial charge in [-0.1, -0.05) is 0 Å². The Morgan fingerprint density at radius 2 is 2.50 bits per heavy atom. The Hall–Kier alpha value is -0.950. The van der Waals surface area contributed by atoms with Crippen LogP contribution in [0.5, 0.6) is 0 Å². The molecule has 4 heteroatoms. The molecule has 0 aromatic heterocycles. The van der Waals surface area contributed by atoms with E-state index >= 15 is 0 Å². The molecule has 0 rings (SSSR count). The van der Waals surface area contributed by atoms with Crippen molar-refractivity contribution >= 4 is 18.6 Å². The summed E-state index contributed by atoms with van der Waals surface area (Å²) in [6.07, 6.45) is 0. The van der Waals surface area contributed by atoms with Gasteiger partial charge in [-0.2, -0.15) is 0 Å². The topological polar surface area (TPSA) is 30.7 Å². The summed E-state index contributed by atoms with van der Waals surface area (Å²) >= 11 is 3.53. The molecule has 0 atom stereocenters. The molecule has 0 aliphatic carbocycles. The molecule has 0 aliphatic rings. The van der Waals surface area contributed by atoms with E-state index in [0.29, 0.717) is 0 Å². The molecule has 0 aliphatic heterocycles. The second-order valence-electron chi connectivity index (χ2n) is 1.29. The van der Waals surface area contributed by atoms with Gasteiger partial charge >= 0.3 is 0 Å². The third kappa shape index (κ3) is 2.55. The molecule has 0 saturated carbocycles. The molecule has 10 heavy (non-hydrogen) atoms. The Morgan fingerprint density at radius 1 is 1.90 bits per heavy atom. The number of rotatable bonds is 2. The van der Waals surface area contributed by atoms with Crippen molar-refractivity contribution in [1.29, 1.82) is 0 Å². The van der Waals surface area contributed by atoms with Crippen LogP contribution in [0, 0.1) is 12.0 Å². The maximum absolute atomic E-state index is 10.6. The lowest BCUT2D eigenvalue weighted by Crippen LogP contribution is -2.04. The summed E-state index contributed by atoms with van der Waals surface area (Å²) in [6, 6.07) is 0. The average Bonchev–Trinajstić information content (AvgIpc) is 1.91. The van der Waals surface area contributed by atoms with E-state index in [1.807, 2.05) is 0 Å². The van der Waals surface area contributed by atoms with Crippen LogP contribution in [0.25, 0.3) is 4.85 Å². The van der Waals surface area contributed by atoms with E-state index in [1.165, 1.54) is 0 Å². The fourth-order valence-corrected chi connectivity index (χ4v) is 0.457. The molecule has 0 amide bonds. The minimum Gasteiger partial charge on any atom is -0.556 e. The minimum absolute atomic E-state index is 0.217. The molecule has 54 valence electrons. The molecule has 0 unspecified atom stereocenters. The third-order valence-corrected chi connectivity index (χ3v) is 0.898. The predicted molar refractivity (Wildman–Crippen MR) is 39.0 cm³/mol. The molecule has 0 radical (unpaired) electrons. The minimum atomic E-state index is -0.674. The predicted octanol–water partition coefficient (Wildman–Crippen LogP) is 1.04. The molecule has 0 aromatic rings. The SMILES string of the molecule is [C-]#[N+]C(=[C-]S)C(=O)OCC. The van der Waals surface area contributed by atoms with Gasteiger partial charge in [0, 0.05) is 0 Å². The molecule has 3 nitrogen and oxygen atoms in total. The summed E-state index contributed by atoms with van der Waals surface area (Å²) in [5.74, 6) is -0.674. The van der Waals surface area contributed by atoms with Gasteiger partial charge in [-0.15, -0.1) is 0 Å². The molecule has 0 fully saturated rings. The lowest BCUT2D eigenvalue weighted by Gasteiger charge is -2.07. The van der Waals surface area contributed by atoms with Crippen LogP contribution in [0.15, 0.2) is 5.70 Å². The Labute approximate surface area is 64.9 Å². The van der Waals surface area contributed by atoms with Crippen molar-refractivity contribution in [2.75, 3.05) is 6.61 Å². The molecule has 0 aromatic carbocycles. The first-order valence-electron chi connectivity index (χ1n) is 2.57.